The second-order valence-corrected chi connectivity index (χ2v) is 5.87. The van der Waals surface area contributed by atoms with Gasteiger partial charge in [0.1, 0.15) is 5.69 Å². The van der Waals surface area contributed by atoms with Crippen molar-refractivity contribution >= 4 is 5.91 Å². The average molecular weight is 320 g/mol. The van der Waals surface area contributed by atoms with E-state index in [9.17, 15) is 4.79 Å². The van der Waals surface area contributed by atoms with Crippen LogP contribution in [0.3, 0.4) is 0 Å². The van der Waals surface area contributed by atoms with Crippen LogP contribution in [0.4, 0.5) is 0 Å². The van der Waals surface area contributed by atoms with Crippen LogP contribution in [0.2, 0.25) is 0 Å². The van der Waals surface area contributed by atoms with Gasteiger partial charge in [0, 0.05) is 24.6 Å². The lowest BCUT2D eigenvalue weighted by molar-refractivity contribution is 0.0937. The zero-order valence-corrected chi connectivity index (χ0v) is 13.8. The first-order chi connectivity index (χ1) is 11.6. The molecule has 2 aromatic heterocycles. The zero-order valence-electron chi connectivity index (χ0n) is 13.8. The first-order valence-electron chi connectivity index (χ1n) is 7.96. The average Bonchev–Trinajstić information content (AvgIpc) is 3.11. The molecule has 1 N–H and O–H groups in total. The highest BCUT2D eigenvalue weighted by Crippen LogP contribution is 2.21. The number of carbonyl (C=O) groups is 1. The van der Waals surface area contributed by atoms with Crippen molar-refractivity contribution in [3.8, 4) is 0 Å². The van der Waals surface area contributed by atoms with Gasteiger partial charge in [0.2, 0.25) is 0 Å². The lowest BCUT2D eigenvalue weighted by Crippen LogP contribution is -2.29. The lowest BCUT2D eigenvalue weighted by Gasteiger charge is -2.19. The molecule has 2 heterocycles. The Morgan fingerprint density at radius 2 is 1.67 bits per heavy atom. The van der Waals surface area contributed by atoms with E-state index in [1.165, 1.54) is 0 Å². The summed E-state index contributed by atoms with van der Waals surface area (Å²) in [5.41, 5.74) is 2.41. The van der Waals surface area contributed by atoms with Crippen molar-refractivity contribution in [3.63, 3.8) is 0 Å². The summed E-state index contributed by atoms with van der Waals surface area (Å²) in [6.45, 7) is 4.05. The van der Waals surface area contributed by atoms with E-state index in [4.69, 9.17) is 0 Å². The molecule has 0 spiro atoms. The van der Waals surface area contributed by atoms with Crippen LogP contribution in [0.1, 0.15) is 47.5 Å². The molecule has 122 valence electrons. The Morgan fingerprint density at radius 1 is 1.00 bits per heavy atom. The Labute approximate surface area is 141 Å². The van der Waals surface area contributed by atoms with Crippen LogP contribution in [0.15, 0.2) is 67.1 Å². The van der Waals surface area contributed by atoms with Crippen LogP contribution >= 0.6 is 0 Å². The number of benzene rings is 1. The highest BCUT2D eigenvalue weighted by Gasteiger charge is 2.19. The van der Waals surface area contributed by atoms with E-state index < -0.39 is 0 Å². The summed E-state index contributed by atoms with van der Waals surface area (Å²) in [7, 11) is 0. The molecule has 3 aromatic rings. The van der Waals surface area contributed by atoms with Crippen molar-refractivity contribution in [3.05, 3.63) is 83.9 Å². The number of carbonyl (C=O) groups excluding carboxylic acids is 1. The number of nitrogens with zero attached hydrogens (tertiary/aromatic N) is 3. The standard InChI is InChI=1S/C19H20N4O/c1-14(2)23-13-10-17(22-23)19(24)21-18(15-6-4-3-5-7-15)16-8-11-20-12-9-16/h3-14,18H,1-2H3,(H,21,24). The van der Waals surface area contributed by atoms with Crippen molar-refractivity contribution in [2.75, 3.05) is 0 Å². The third kappa shape index (κ3) is 3.51. The molecule has 24 heavy (non-hydrogen) atoms. The van der Waals surface area contributed by atoms with Gasteiger partial charge in [-0.05, 0) is 43.2 Å². The number of pyridine rings is 1. The fraction of sp³-hybridized carbons (Fsp3) is 0.211. The van der Waals surface area contributed by atoms with Crippen molar-refractivity contribution in [1.29, 1.82) is 0 Å². The number of hydrogen-bond acceptors (Lipinski definition) is 3. The van der Waals surface area contributed by atoms with E-state index in [2.05, 4.69) is 15.4 Å². The summed E-state index contributed by atoms with van der Waals surface area (Å²) < 4.78 is 1.78. The molecule has 5 nitrogen and oxygen atoms in total. The maximum Gasteiger partial charge on any atom is 0.272 e. The van der Waals surface area contributed by atoms with Gasteiger partial charge in [0.15, 0.2) is 0 Å². The Hall–Kier alpha value is -2.95. The van der Waals surface area contributed by atoms with Crippen molar-refractivity contribution in [1.82, 2.24) is 20.1 Å². The Bertz CT molecular complexity index is 757. The van der Waals surface area contributed by atoms with Crippen molar-refractivity contribution in [2.24, 2.45) is 0 Å². The lowest BCUT2D eigenvalue weighted by atomic mass is 9.99. The van der Waals surface area contributed by atoms with Gasteiger partial charge in [-0.2, -0.15) is 5.10 Å². The van der Waals surface area contributed by atoms with Crippen LogP contribution in [0, 0.1) is 0 Å². The van der Waals surface area contributed by atoms with Gasteiger partial charge < -0.3 is 5.32 Å². The van der Waals surface area contributed by atoms with Crippen molar-refractivity contribution < 1.29 is 4.79 Å². The largest absolute Gasteiger partial charge is 0.340 e. The van der Waals surface area contributed by atoms with Crippen LogP contribution in [0.25, 0.3) is 0 Å². The number of rotatable bonds is 5. The van der Waals surface area contributed by atoms with Gasteiger partial charge in [-0.15, -0.1) is 0 Å². The highest BCUT2D eigenvalue weighted by atomic mass is 16.2. The normalized spacial score (nSPS) is 12.1. The van der Waals surface area contributed by atoms with Gasteiger partial charge in [-0.1, -0.05) is 30.3 Å². The summed E-state index contributed by atoms with van der Waals surface area (Å²) >= 11 is 0. The second kappa shape index (κ2) is 7.08. The minimum absolute atomic E-state index is 0.194. The van der Waals surface area contributed by atoms with Gasteiger partial charge in [0.05, 0.1) is 6.04 Å². The molecule has 1 atom stereocenters. The molecule has 0 fully saturated rings. The highest BCUT2D eigenvalue weighted by molar-refractivity contribution is 5.92. The first-order valence-corrected chi connectivity index (χ1v) is 7.96. The summed E-state index contributed by atoms with van der Waals surface area (Å²) in [6, 6.07) is 15.4. The fourth-order valence-corrected chi connectivity index (χ4v) is 2.51. The quantitative estimate of drug-likeness (QED) is 0.784. The van der Waals surface area contributed by atoms with Gasteiger partial charge in [-0.3, -0.25) is 14.5 Å². The number of hydrogen-bond donors (Lipinski definition) is 1. The molecular weight excluding hydrogens is 300 g/mol. The molecule has 1 unspecified atom stereocenters. The summed E-state index contributed by atoms with van der Waals surface area (Å²) in [5, 5.41) is 7.42. The molecule has 0 saturated heterocycles. The molecule has 1 aromatic carbocycles. The molecule has 5 heteroatoms. The van der Waals surface area contributed by atoms with Gasteiger partial charge in [0.25, 0.3) is 5.91 Å². The molecule has 1 amide bonds. The number of aromatic nitrogens is 3. The second-order valence-electron chi connectivity index (χ2n) is 5.87. The smallest absolute Gasteiger partial charge is 0.272 e. The summed E-state index contributed by atoms with van der Waals surface area (Å²) in [5.74, 6) is -0.194. The molecule has 0 radical (unpaired) electrons. The van der Waals surface area contributed by atoms with E-state index >= 15 is 0 Å². The summed E-state index contributed by atoms with van der Waals surface area (Å²) in [6.07, 6.45) is 5.28. The molecule has 0 aliphatic rings. The third-order valence-electron chi connectivity index (χ3n) is 3.82. The fourth-order valence-electron chi connectivity index (χ4n) is 2.51. The summed E-state index contributed by atoms with van der Waals surface area (Å²) in [4.78, 5) is 16.7. The maximum absolute atomic E-state index is 12.6. The first kappa shape index (κ1) is 15.9. The number of nitrogens with one attached hydrogen (secondary N) is 1. The SMILES string of the molecule is CC(C)n1ccc(C(=O)NC(c2ccccc2)c2ccncc2)n1. The topological polar surface area (TPSA) is 59.8 Å². The van der Waals surface area contributed by atoms with E-state index in [0.29, 0.717) is 5.69 Å². The minimum atomic E-state index is -0.245. The van der Waals surface area contributed by atoms with Gasteiger partial charge >= 0.3 is 0 Å². The monoisotopic (exact) mass is 320 g/mol. The molecule has 0 aliphatic carbocycles. The Kier molecular flexibility index (Phi) is 4.70. The zero-order chi connectivity index (χ0) is 16.9. The van der Waals surface area contributed by atoms with E-state index in [1.807, 2.05) is 62.5 Å². The predicted molar refractivity (Wildman–Crippen MR) is 92.6 cm³/mol. The van der Waals surface area contributed by atoms with Gasteiger partial charge in [-0.25, -0.2) is 0 Å². The van der Waals surface area contributed by atoms with E-state index in [1.54, 1.807) is 23.1 Å². The van der Waals surface area contributed by atoms with Crippen LogP contribution < -0.4 is 5.32 Å². The minimum Gasteiger partial charge on any atom is -0.340 e. The Morgan fingerprint density at radius 3 is 2.29 bits per heavy atom. The van der Waals surface area contributed by atoms with Crippen LogP contribution in [-0.4, -0.2) is 20.7 Å². The predicted octanol–water partition coefficient (Wildman–Crippen LogP) is 3.38. The van der Waals surface area contributed by atoms with Crippen LogP contribution in [-0.2, 0) is 0 Å². The number of amides is 1. The molecular formula is C19H20N4O. The maximum atomic E-state index is 12.6. The molecule has 0 aliphatic heterocycles. The molecule has 0 saturated carbocycles. The van der Waals surface area contributed by atoms with E-state index in [-0.39, 0.29) is 18.0 Å². The third-order valence-corrected chi connectivity index (χ3v) is 3.82. The van der Waals surface area contributed by atoms with E-state index in [0.717, 1.165) is 11.1 Å². The molecule has 3 rings (SSSR count). The Balaban J connectivity index is 1.88. The molecule has 0 bridgehead atoms. The van der Waals surface area contributed by atoms with Crippen LogP contribution in [0.5, 0.6) is 0 Å². The van der Waals surface area contributed by atoms with Crippen molar-refractivity contribution in [2.45, 2.75) is 25.9 Å².